The quantitative estimate of drug-likeness (QED) is 0.803. The summed E-state index contributed by atoms with van der Waals surface area (Å²) < 4.78 is 0. The molecular formula is C15H24N2O. The van der Waals surface area contributed by atoms with Gasteiger partial charge >= 0.3 is 0 Å². The topological polar surface area (TPSA) is 46.3 Å². The number of aryl methyl sites for hydroxylation is 1. The zero-order chi connectivity index (χ0) is 13.4. The van der Waals surface area contributed by atoms with E-state index in [9.17, 15) is 4.79 Å². The molecule has 0 saturated heterocycles. The first kappa shape index (κ1) is 14.7. The van der Waals surface area contributed by atoms with Crippen LogP contribution in [-0.4, -0.2) is 30.4 Å². The second kappa shape index (κ2) is 7.88. The maximum absolute atomic E-state index is 12.2. The van der Waals surface area contributed by atoms with E-state index in [4.69, 9.17) is 5.73 Å². The van der Waals surface area contributed by atoms with Gasteiger partial charge in [-0.2, -0.15) is 0 Å². The van der Waals surface area contributed by atoms with Crippen molar-refractivity contribution in [2.24, 2.45) is 5.73 Å². The Labute approximate surface area is 110 Å². The molecule has 0 radical (unpaired) electrons. The Morgan fingerprint density at radius 3 is 2.72 bits per heavy atom. The third-order valence-electron chi connectivity index (χ3n) is 2.92. The number of nitrogens with zero attached hydrogens (tertiary/aromatic N) is 1. The Kier molecular flexibility index (Phi) is 6.44. The summed E-state index contributed by atoms with van der Waals surface area (Å²) in [6, 6.07) is 8.14. The molecule has 3 nitrogen and oxygen atoms in total. The monoisotopic (exact) mass is 248 g/mol. The van der Waals surface area contributed by atoms with Gasteiger partial charge in [0.25, 0.3) is 0 Å². The molecule has 1 aromatic rings. The van der Waals surface area contributed by atoms with Crippen LogP contribution in [-0.2, 0) is 11.2 Å². The number of hydrogen-bond donors (Lipinski definition) is 1. The van der Waals surface area contributed by atoms with Gasteiger partial charge in [0.2, 0.25) is 5.91 Å². The van der Waals surface area contributed by atoms with Crippen molar-refractivity contribution in [1.82, 2.24) is 4.90 Å². The smallest absolute Gasteiger partial charge is 0.226 e. The van der Waals surface area contributed by atoms with E-state index in [-0.39, 0.29) is 5.91 Å². The lowest BCUT2D eigenvalue weighted by Crippen LogP contribution is -2.34. The summed E-state index contributed by atoms with van der Waals surface area (Å²) in [5.41, 5.74) is 7.80. The summed E-state index contributed by atoms with van der Waals surface area (Å²) in [5.74, 6) is 0.205. The molecule has 0 aliphatic heterocycles. The van der Waals surface area contributed by atoms with Gasteiger partial charge in [-0.3, -0.25) is 4.79 Å². The second-order valence-electron chi connectivity index (χ2n) is 4.69. The lowest BCUT2D eigenvalue weighted by molar-refractivity contribution is -0.130. The number of carbonyl (C=O) groups is 1. The fraction of sp³-hybridized carbons (Fsp3) is 0.533. The maximum atomic E-state index is 12.2. The minimum Gasteiger partial charge on any atom is -0.342 e. The summed E-state index contributed by atoms with van der Waals surface area (Å²) in [5, 5.41) is 0. The average molecular weight is 248 g/mol. The molecule has 0 saturated carbocycles. The zero-order valence-electron chi connectivity index (χ0n) is 11.5. The second-order valence-corrected chi connectivity index (χ2v) is 4.69. The van der Waals surface area contributed by atoms with Gasteiger partial charge in [-0.25, -0.2) is 0 Å². The number of hydrogen-bond acceptors (Lipinski definition) is 2. The minimum atomic E-state index is 0.205. The molecule has 1 rings (SSSR count). The van der Waals surface area contributed by atoms with Crippen molar-refractivity contribution in [2.75, 3.05) is 19.6 Å². The molecule has 0 aliphatic carbocycles. The fourth-order valence-electron chi connectivity index (χ4n) is 2.02. The molecular weight excluding hydrogens is 224 g/mol. The zero-order valence-corrected chi connectivity index (χ0v) is 11.5. The normalized spacial score (nSPS) is 10.4. The van der Waals surface area contributed by atoms with Crippen LogP contribution in [0.25, 0.3) is 0 Å². The number of rotatable bonds is 7. The highest BCUT2D eigenvalue weighted by molar-refractivity contribution is 5.78. The van der Waals surface area contributed by atoms with Crippen molar-refractivity contribution in [3.63, 3.8) is 0 Å². The van der Waals surface area contributed by atoms with Crippen molar-refractivity contribution in [2.45, 2.75) is 33.1 Å². The highest BCUT2D eigenvalue weighted by Crippen LogP contribution is 2.07. The lowest BCUT2D eigenvalue weighted by Gasteiger charge is -2.22. The predicted molar refractivity (Wildman–Crippen MR) is 75.4 cm³/mol. The van der Waals surface area contributed by atoms with E-state index in [1.807, 2.05) is 30.0 Å². The largest absolute Gasteiger partial charge is 0.342 e. The molecule has 2 N–H and O–H groups in total. The Morgan fingerprint density at radius 2 is 2.11 bits per heavy atom. The fourth-order valence-corrected chi connectivity index (χ4v) is 2.02. The number of benzene rings is 1. The first-order valence-electron chi connectivity index (χ1n) is 6.70. The van der Waals surface area contributed by atoms with Crippen LogP contribution in [0, 0.1) is 6.92 Å². The SMILES string of the molecule is CCCN(CCCN)C(=O)Cc1cccc(C)c1. The van der Waals surface area contributed by atoms with Gasteiger partial charge in [0, 0.05) is 13.1 Å². The van der Waals surface area contributed by atoms with Crippen molar-refractivity contribution in [1.29, 1.82) is 0 Å². The minimum absolute atomic E-state index is 0.205. The van der Waals surface area contributed by atoms with E-state index in [0.29, 0.717) is 13.0 Å². The molecule has 0 atom stereocenters. The Hall–Kier alpha value is -1.35. The van der Waals surface area contributed by atoms with Crippen molar-refractivity contribution in [3.05, 3.63) is 35.4 Å². The Morgan fingerprint density at radius 1 is 1.33 bits per heavy atom. The summed E-state index contributed by atoms with van der Waals surface area (Å²) >= 11 is 0. The van der Waals surface area contributed by atoms with E-state index in [1.165, 1.54) is 5.56 Å². The van der Waals surface area contributed by atoms with Crippen LogP contribution in [0.1, 0.15) is 30.9 Å². The third-order valence-corrected chi connectivity index (χ3v) is 2.92. The summed E-state index contributed by atoms with van der Waals surface area (Å²) in [6.45, 7) is 6.37. The van der Waals surface area contributed by atoms with E-state index in [1.54, 1.807) is 0 Å². The third kappa shape index (κ3) is 4.88. The van der Waals surface area contributed by atoms with Gasteiger partial charge in [0.1, 0.15) is 0 Å². The highest BCUT2D eigenvalue weighted by atomic mass is 16.2. The van der Waals surface area contributed by atoms with Gasteiger partial charge in [0.15, 0.2) is 0 Å². The highest BCUT2D eigenvalue weighted by Gasteiger charge is 2.12. The van der Waals surface area contributed by atoms with E-state index < -0.39 is 0 Å². The summed E-state index contributed by atoms with van der Waals surface area (Å²) in [7, 11) is 0. The standard InChI is InChI=1S/C15H24N2O/c1-3-9-17(10-5-8-16)15(18)12-14-7-4-6-13(2)11-14/h4,6-7,11H,3,5,8-10,12,16H2,1-2H3. The van der Waals surface area contributed by atoms with E-state index in [0.717, 1.165) is 31.5 Å². The van der Waals surface area contributed by atoms with Crippen LogP contribution in [0.3, 0.4) is 0 Å². The molecule has 0 spiro atoms. The molecule has 0 heterocycles. The molecule has 100 valence electrons. The van der Waals surface area contributed by atoms with Crippen molar-refractivity contribution >= 4 is 5.91 Å². The molecule has 0 unspecified atom stereocenters. The number of amides is 1. The van der Waals surface area contributed by atoms with Crippen molar-refractivity contribution < 1.29 is 4.79 Å². The van der Waals surface area contributed by atoms with E-state index >= 15 is 0 Å². The Balaban J connectivity index is 2.60. The van der Waals surface area contributed by atoms with Crippen molar-refractivity contribution in [3.8, 4) is 0 Å². The summed E-state index contributed by atoms with van der Waals surface area (Å²) in [6.07, 6.45) is 2.36. The summed E-state index contributed by atoms with van der Waals surface area (Å²) in [4.78, 5) is 14.1. The van der Waals surface area contributed by atoms with Crippen LogP contribution >= 0.6 is 0 Å². The molecule has 0 aromatic heterocycles. The first-order valence-corrected chi connectivity index (χ1v) is 6.70. The number of carbonyl (C=O) groups excluding carboxylic acids is 1. The number of nitrogens with two attached hydrogens (primary N) is 1. The van der Waals surface area contributed by atoms with Crippen LogP contribution in [0.4, 0.5) is 0 Å². The van der Waals surface area contributed by atoms with Crippen LogP contribution in [0.2, 0.25) is 0 Å². The van der Waals surface area contributed by atoms with Crippen LogP contribution in [0.15, 0.2) is 24.3 Å². The van der Waals surface area contributed by atoms with Crippen LogP contribution < -0.4 is 5.73 Å². The van der Waals surface area contributed by atoms with Gasteiger partial charge in [-0.15, -0.1) is 0 Å². The van der Waals surface area contributed by atoms with Gasteiger partial charge in [-0.1, -0.05) is 36.8 Å². The molecule has 0 fully saturated rings. The molecule has 1 amide bonds. The average Bonchev–Trinajstić information content (AvgIpc) is 2.34. The van der Waals surface area contributed by atoms with Crippen LogP contribution in [0.5, 0.6) is 0 Å². The molecule has 18 heavy (non-hydrogen) atoms. The molecule has 0 aliphatic rings. The predicted octanol–water partition coefficient (Wildman–Crippen LogP) is 2.12. The maximum Gasteiger partial charge on any atom is 0.226 e. The van der Waals surface area contributed by atoms with Gasteiger partial charge < -0.3 is 10.6 Å². The first-order chi connectivity index (χ1) is 8.67. The van der Waals surface area contributed by atoms with E-state index in [2.05, 4.69) is 13.0 Å². The molecule has 0 bridgehead atoms. The van der Waals surface area contributed by atoms with Gasteiger partial charge in [0.05, 0.1) is 6.42 Å². The molecule has 1 aromatic carbocycles. The molecule has 3 heteroatoms. The Bertz CT molecular complexity index is 377. The van der Waals surface area contributed by atoms with Gasteiger partial charge in [-0.05, 0) is 31.9 Å². The lowest BCUT2D eigenvalue weighted by atomic mass is 10.1.